The summed E-state index contributed by atoms with van der Waals surface area (Å²) in [5.41, 5.74) is 15.9. The maximum Gasteiger partial charge on any atom is 0.327 e. The highest BCUT2D eigenvalue weighted by Gasteiger charge is 2.40. The molecule has 7 rings (SSSR count). The first kappa shape index (κ1) is 84.5. The molecule has 10 amide bonds. The molecule has 574 valence electrons. The molecule has 107 heavy (non-hydrogen) atoms. The van der Waals surface area contributed by atoms with Crippen LogP contribution in [0.25, 0.3) is 10.8 Å². The molecular weight excluding hydrogens is 1410 g/mol. The number of likely N-dealkylation sites (N-methyl/N-ethyl adjacent to an activating group) is 1. The molecule has 6 aromatic rings. The minimum absolute atomic E-state index is 0.0331. The Hall–Kier alpha value is -9.79. The van der Waals surface area contributed by atoms with Gasteiger partial charge in [-0.25, -0.2) is 4.79 Å². The van der Waals surface area contributed by atoms with Gasteiger partial charge < -0.3 is 90.0 Å². The predicted molar refractivity (Wildman–Crippen MR) is 408 cm³/mol. The number of rotatable bonds is 21. The van der Waals surface area contributed by atoms with Crippen LogP contribution < -0.4 is 64.6 Å². The molecule has 28 nitrogen and oxygen atoms in total. The third kappa shape index (κ3) is 26.6. The third-order valence-corrected chi connectivity index (χ3v) is 20.4. The Labute approximate surface area is 630 Å². The summed E-state index contributed by atoms with van der Waals surface area (Å²) in [6, 6.07) is 28.4. The van der Waals surface area contributed by atoms with E-state index < -0.39 is 150 Å². The Bertz CT molecular complexity index is 3960. The van der Waals surface area contributed by atoms with E-state index in [4.69, 9.17) is 11.5 Å². The molecule has 0 radical (unpaired) electrons. The van der Waals surface area contributed by atoms with Crippen LogP contribution in [0.5, 0.6) is 0 Å². The number of carboxylic acid groups (broad SMARTS) is 1. The van der Waals surface area contributed by atoms with Crippen LogP contribution in [0.1, 0.15) is 80.3 Å². The Morgan fingerprint density at radius 2 is 0.879 bits per heavy atom. The van der Waals surface area contributed by atoms with Gasteiger partial charge in [-0.3, -0.25) is 47.9 Å². The number of amides is 10. The number of hydrogen-bond donors (Lipinski definition) is 16. The van der Waals surface area contributed by atoms with Crippen LogP contribution in [0, 0.1) is 0 Å². The molecule has 1 saturated heterocycles. The number of carbonyl (C=O) groups excluding carboxylic acids is 10. The maximum atomic E-state index is 15.7. The lowest BCUT2D eigenvalue weighted by Gasteiger charge is -2.33. The van der Waals surface area contributed by atoms with Crippen molar-refractivity contribution in [2.75, 3.05) is 31.7 Å². The zero-order valence-corrected chi connectivity index (χ0v) is 62.1. The number of nitrogens with one attached hydrogen (secondary N) is 10. The predicted octanol–water partition coefficient (Wildman–Crippen LogP) is 0.731. The molecule has 0 unspecified atom stereocenters. The molecule has 13 atom stereocenters. The maximum absolute atomic E-state index is 15.7. The van der Waals surface area contributed by atoms with Crippen molar-refractivity contribution in [2.45, 2.75) is 170 Å². The highest BCUT2D eigenvalue weighted by Crippen LogP contribution is 2.24. The molecule has 0 bridgehead atoms. The number of fused-ring (bicyclic) bond motifs is 1. The topological polar surface area (TPSA) is 444 Å². The smallest absolute Gasteiger partial charge is 0.327 e. The van der Waals surface area contributed by atoms with Crippen molar-refractivity contribution in [3.8, 4) is 0 Å². The van der Waals surface area contributed by atoms with Crippen molar-refractivity contribution in [1.29, 1.82) is 0 Å². The summed E-state index contributed by atoms with van der Waals surface area (Å²) in [7, 11) is 3.24. The van der Waals surface area contributed by atoms with E-state index in [1.165, 1.54) is 18.9 Å². The lowest BCUT2D eigenvalue weighted by atomic mass is 9.98. The lowest BCUT2D eigenvalue weighted by Crippen LogP contribution is -2.63. The van der Waals surface area contributed by atoms with E-state index in [0.29, 0.717) is 47.2 Å². The van der Waals surface area contributed by atoms with E-state index in [0.717, 1.165) is 44.8 Å². The van der Waals surface area contributed by atoms with Gasteiger partial charge in [0, 0.05) is 63.2 Å². The minimum atomic E-state index is -1.91. The van der Waals surface area contributed by atoms with Gasteiger partial charge in [0.15, 0.2) is 0 Å². The molecule has 6 aromatic carbocycles. The number of carbonyl (C=O) groups is 11. The molecule has 0 spiro atoms. The fourth-order valence-electron chi connectivity index (χ4n) is 11.8. The van der Waals surface area contributed by atoms with Crippen LogP contribution in [0.4, 0.5) is 0 Å². The van der Waals surface area contributed by atoms with E-state index in [-0.39, 0.29) is 62.6 Å². The van der Waals surface area contributed by atoms with Gasteiger partial charge >= 0.3 is 5.97 Å². The number of aliphatic carboxylic acids is 1. The molecule has 18 N–H and O–H groups in total. The van der Waals surface area contributed by atoms with Crippen molar-refractivity contribution < 1.29 is 73.2 Å². The number of aliphatic hydroxyl groups excluding tert-OH is 3. The molecule has 1 fully saturated rings. The fraction of sp³-hybridized carbons (Fsp3) is 0.416. The summed E-state index contributed by atoms with van der Waals surface area (Å²) in [5.74, 6) is -11.8. The highest BCUT2D eigenvalue weighted by molar-refractivity contribution is 8.76. The molecule has 0 aromatic heterocycles. The summed E-state index contributed by atoms with van der Waals surface area (Å²) in [5, 5.41) is 71.5. The zero-order valence-electron chi connectivity index (χ0n) is 60.5. The van der Waals surface area contributed by atoms with E-state index in [9.17, 15) is 54.0 Å². The van der Waals surface area contributed by atoms with Crippen molar-refractivity contribution >= 4 is 97.4 Å². The molecule has 0 aliphatic carbocycles. The summed E-state index contributed by atoms with van der Waals surface area (Å²) in [6.07, 6.45) is -3.61. The van der Waals surface area contributed by atoms with E-state index >= 15 is 19.2 Å². The molecule has 0 saturated carbocycles. The first-order chi connectivity index (χ1) is 51.2. The average Bonchev–Trinajstić information content (AvgIpc) is 0.823. The number of benzene rings is 6. The molecule has 1 aliphatic heterocycles. The van der Waals surface area contributed by atoms with E-state index in [1.54, 1.807) is 109 Å². The first-order valence-electron chi connectivity index (χ1n) is 35.5. The molecule has 30 heteroatoms. The summed E-state index contributed by atoms with van der Waals surface area (Å²) in [4.78, 5) is 162. The number of nitrogens with zero attached hydrogens (tertiary/aromatic N) is 1. The molecule has 1 heterocycles. The zero-order chi connectivity index (χ0) is 77.7. The van der Waals surface area contributed by atoms with Gasteiger partial charge in [-0.2, -0.15) is 0 Å². The summed E-state index contributed by atoms with van der Waals surface area (Å²) >= 11 is 0. The van der Waals surface area contributed by atoms with Crippen LogP contribution in [-0.4, -0.2) is 207 Å². The van der Waals surface area contributed by atoms with Crippen molar-refractivity contribution in [3.05, 3.63) is 191 Å². The van der Waals surface area contributed by atoms with Gasteiger partial charge in [0.2, 0.25) is 59.1 Å². The quantitative estimate of drug-likeness (QED) is 0.0349. The van der Waals surface area contributed by atoms with Gasteiger partial charge in [0.25, 0.3) is 0 Å². The van der Waals surface area contributed by atoms with Crippen LogP contribution in [0.2, 0.25) is 0 Å². The number of aliphatic hydroxyl groups is 3. The second-order valence-electron chi connectivity index (χ2n) is 26.8. The molecule has 1 aliphatic rings. The fourth-order valence-corrected chi connectivity index (χ4v) is 14.0. The Balaban J connectivity index is 1.33. The van der Waals surface area contributed by atoms with Gasteiger partial charge in [-0.05, 0) is 83.8 Å². The SMILES string of the molecule is CC(C)NCc1ccc(C[C@@H]2NC(=O)[C@@H](Cc3ccc4ccccc4c3)NC(=O)[C@H](Cc3ccccc3)N(C)C(=O)[C@H](Cc3ccccc3)NC(=O)[C@H](CCCCN)NC(=O)[C@@H](N)CSSC[C@@H](C(=O)O)NC(=O)[C@H](CO)NC(=O)[C@H]([C@@H](C)O)NC(=O)[C@H](Cc3ccccc3)NC(=O)[C@H]([C@@H](C)O)NC2=O)cc1. The van der Waals surface area contributed by atoms with Crippen molar-refractivity contribution in [2.24, 2.45) is 11.5 Å². The number of unbranched alkanes of at least 4 members (excludes halogenated alkanes) is 1. The summed E-state index contributed by atoms with van der Waals surface area (Å²) < 4.78 is 0. The van der Waals surface area contributed by atoms with Crippen LogP contribution in [0.3, 0.4) is 0 Å². The van der Waals surface area contributed by atoms with E-state index in [2.05, 4.69) is 53.2 Å². The lowest BCUT2D eigenvalue weighted by molar-refractivity contribution is -0.143. The molecular formula is C77H99N13O15S2. The van der Waals surface area contributed by atoms with Crippen molar-refractivity contribution in [3.63, 3.8) is 0 Å². The highest BCUT2D eigenvalue weighted by atomic mass is 33.1. The normalized spacial score (nSPS) is 23.6. The second kappa shape index (κ2) is 42.5. The average molecular weight is 1510 g/mol. The Kier molecular flexibility index (Phi) is 33.6. The monoisotopic (exact) mass is 1510 g/mol. The van der Waals surface area contributed by atoms with Crippen molar-refractivity contribution in [1.82, 2.24) is 58.1 Å². The van der Waals surface area contributed by atoms with Gasteiger partial charge in [0.05, 0.1) is 24.9 Å². The Morgan fingerprint density at radius 1 is 0.467 bits per heavy atom. The number of nitrogens with two attached hydrogens (primary N) is 2. The van der Waals surface area contributed by atoms with Crippen LogP contribution >= 0.6 is 21.6 Å². The number of carboxylic acids is 1. The van der Waals surface area contributed by atoms with E-state index in [1.807, 2.05) is 62.4 Å². The Morgan fingerprint density at radius 3 is 1.40 bits per heavy atom. The largest absolute Gasteiger partial charge is 0.480 e. The van der Waals surface area contributed by atoms with Gasteiger partial charge in [0.1, 0.15) is 60.4 Å². The second-order valence-corrected chi connectivity index (χ2v) is 29.4. The van der Waals surface area contributed by atoms with Crippen LogP contribution in [0.15, 0.2) is 158 Å². The van der Waals surface area contributed by atoms with Gasteiger partial charge in [-0.15, -0.1) is 0 Å². The minimum Gasteiger partial charge on any atom is -0.480 e. The number of hydrogen-bond acceptors (Lipinski definition) is 19. The summed E-state index contributed by atoms with van der Waals surface area (Å²) in [6.45, 7) is 5.94. The standard InChI is InChI=1S/C77H99N13O15S2/c1-45(2)80-41-52-30-28-51(29-31-52)37-58-70(97)88-65(46(3)92)74(101)84-59(36-48-19-9-6-10-20-48)71(98)89-66(47(4)93)75(102)86-62(42-91)72(99)87-63(77(104)105)44-107-106-43-56(79)67(94)81-57(27-17-18-34-78)68(95)85-61(38-49-21-11-7-12-22-49)76(103)90(5)64(40-50-23-13-8-14-24-50)73(100)83-60(69(96)82-58)39-53-32-33-54-25-15-16-26-55(54)35-53/h6-16,19-26,28-33,35,45-47,56-66,80,91-93H,17-18,27,34,36-44,78-79H2,1-5H3,(H,81,94)(H,82,96)(H,83,100)(H,84,101)(H,85,95)(H,86,102)(H,87,99)(H,88,97)(H,89,98)(H,104,105)/t46-,47-,56+,57+,58+,59+,60-,61+,62+,63+,64+,65+,66+/m1/s1. The van der Waals surface area contributed by atoms with Crippen LogP contribution in [-0.2, 0) is 91.4 Å². The van der Waals surface area contributed by atoms with Gasteiger partial charge in [-0.1, -0.05) is 193 Å². The first-order valence-corrected chi connectivity index (χ1v) is 38.0. The third-order valence-electron chi connectivity index (χ3n) is 17.9.